The Kier molecular flexibility index (Phi) is 3.13. The van der Waals surface area contributed by atoms with Crippen LogP contribution >= 0.6 is 0 Å². The van der Waals surface area contributed by atoms with E-state index < -0.39 is 0 Å². The molecule has 0 amide bonds. The molecule has 0 bridgehead atoms. The van der Waals surface area contributed by atoms with Crippen LogP contribution in [0.5, 0.6) is 0 Å². The predicted molar refractivity (Wildman–Crippen MR) is 75.2 cm³/mol. The molecule has 18 heavy (non-hydrogen) atoms. The molecule has 0 spiro atoms. The van der Waals surface area contributed by atoms with E-state index in [0.29, 0.717) is 0 Å². The lowest BCUT2D eigenvalue weighted by Gasteiger charge is -2.25. The van der Waals surface area contributed by atoms with Gasteiger partial charge in [-0.05, 0) is 24.5 Å². The number of aliphatic imine (C=N–C) groups is 1. The minimum Gasteiger partial charge on any atom is -0.387 e. The van der Waals surface area contributed by atoms with Crippen LogP contribution in [0, 0.1) is 0 Å². The van der Waals surface area contributed by atoms with Crippen LogP contribution in [0.15, 0.2) is 65.1 Å². The van der Waals surface area contributed by atoms with Gasteiger partial charge in [0.05, 0.1) is 17.5 Å². The molecule has 0 aliphatic carbocycles. The molecule has 3 heterocycles. The molecule has 0 radical (unpaired) electrons. The Hall–Kier alpha value is -2.03. The summed E-state index contributed by atoms with van der Waals surface area (Å²) in [6, 6.07) is 0.239. The van der Waals surface area contributed by atoms with Gasteiger partial charge >= 0.3 is 0 Å². The van der Waals surface area contributed by atoms with Gasteiger partial charge in [0.15, 0.2) is 0 Å². The van der Waals surface area contributed by atoms with E-state index in [1.54, 1.807) is 0 Å². The summed E-state index contributed by atoms with van der Waals surface area (Å²) in [5, 5.41) is 6.79. The molecule has 0 fully saturated rings. The minimum atomic E-state index is 0.239. The third-order valence-electron chi connectivity index (χ3n) is 3.25. The number of dihydropyridines is 2. The molecule has 0 saturated heterocycles. The second-order valence-electron chi connectivity index (χ2n) is 4.54. The zero-order chi connectivity index (χ0) is 12.2. The van der Waals surface area contributed by atoms with Crippen LogP contribution in [-0.2, 0) is 0 Å². The summed E-state index contributed by atoms with van der Waals surface area (Å²) in [5.41, 5.74) is 3.56. The normalized spacial score (nSPS) is 25.8. The van der Waals surface area contributed by atoms with E-state index in [0.717, 1.165) is 30.8 Å². The van der Waals surface area contributed by atoms with Crippen molar-refractivity contribution in [2.45, 2.75) is 18.9 Å². The van der Waals surface area contributed by atoms with Gasteiger partial charge in [0.1, 0.15) is 0 Å². The zero-order valence-corrected chi connectivity index (χ0v) is 10.3. The molecule has 92 valence electrons. The number of nitrogens with one attached hydrogen (secondary N) is 2. The molecule has 3 aliphatic rings. The van der Waals surface area contributed by atoms with Crippen molar-refractivity contribution in [1.82, 2.24) is 10.6 Å². The van der Waals surface area contributed by atoms with Gasteiger partial charge in [0, 0.05) is 18.9 Å². The molecule has 1 unspecified atom stereocenters. The molecular formula is C15H17N3. The van der Waals surface area contributed by atoms with Crippen molar-refractivity contribution in [2.24, 2.45) is 4.99 Å². The molecule has 0 aromatic heterocycles. The van der Waals surface area contributed by atoms with E-state index in [1.165, 1.54) is 5.57 Å². The Balaban J connectivity index is 1.76. The van der Waals surface area contributed by atoms with Crippen LogP contribution in [0.25, 0.3) is 0 Å². The molecule has 3 nitrogen and oxygen atoms in total. The lowest BCUT2D eigenvalue weighted by molar-refractivity contribution is 0.756. The highest BCUT2D eigenvalue weighted by molar-refractivity contribution is 6.01. The van der Waals surface area contributed by atoms with Crippen LogP contribution < -0.4 is 10.6 Å². The lowest BCUT2D eigenvalue weighted by Crippen LogP contribution is -2.34. The maximum atomic E-state index is 4.45. The van der Waals surface area contributed by atoms with Crippen molar-refractivity contribution in [3.8, 4) is 0 Å². The Labute approximate surface area is 107 Å². The number of rotatable bonds is 2. The quantitative estimate of drug-likeness (QED) is 0.775. The van der Waals surface area contributed by atoms with E-state index in [4.69, 9.17) is 0 Å². The average Bonchev–Trinajstić information content (AvgIpc) is 2.49. The summed E-state index contributed by atoms with van der Waals surface area (Å²) >= 11 is 0. The van der Waals surface area contributed by atoms with Crippen LogP contribution in [0.4, 0.5) is 0 Å². The SMILES string of the molecule is C1=CC(C2=CNCC=C2)NC(C2=NC=CCC2)=C1. The maximum absolute atomic E-state index is 4.45. The summed E-state index contributed by atoms with van der Waals surface area (Å²) in [6.07, 6.45) is 18.9. The Bertz CT molecular complexity index is 504. The highest BCUT2D eigenvalue weighted by Gasteiger charge is 2.17. The lowest BCUT2D eigenvalue weighted by atomic mass is 10.00. The molecule has 3 rings (SSSR count). The number of nitrogens with zero attached hydrogens (tertiary/aromatic N) is 1. The van der Waals surface area contributed by atoms with Crippen LogP contribution in [0.1, 0.15) is 12.8 Å². The third-order valence-corrected chi connectivity index (χ3v) is 3.25. The second-order valence-corrected chi connectivity index (χ2v) is 4.54. The molecule has 3 heteroatoms. The van der Waals surface area contributed by atoms with Gasteiger partial charge in [-0.15, -0.1) is 0 Å². The first-order chi connectivity index (χ1) is 8.93. The van der Waals surface area contributed by atoms with Gasteiger partial charge in [-0.25, -0.2) is 0 Å². The average molecular weight is 239 g/mol. The van der Waals surface area contributed by atoms with Crippen molar-refractivity contribution in [2.75, 3.05) is 6.54 Å². The fourth-order valence-corrected chi connectivity index (χ4v) is 2.29. The standard InChI is InChI=1S/C15H17N3/c1-2-10-17-14(6-1)15-8-3-7-13(18-15)12-5-4-9-16-11-12/h2-5,7-8,10-11,13,16,18H,1,6,9H2. The zero-order valence-electron chi connectivity index (χ0n) is 10.3. The molecule has 0 aromatic carbocycles. The van der Waals surface area contributed by atoms with E-state index in [1.807, 2.05) is 6.20 Å². The first kappa shape index (κ1) is 11.1. The van der Waals surface area contributed by atoms with Crippen molar-refractivity contribution in [3.05, 3.63) is 60.1 Å². The third kappa shape index (κ3) is 2.30. The van der Waals surface area contributed by atoms with E-state index in [-0.39, 0.29) is 6.04 Å². The maximum Gasteiger partial charge on any atom is 0.0715 e. The summed E-state index contributed by atoms with van der Waals surface area (Å²) in [6.45, 7) is 0.917. The van der Waals surface area contributed by atoms with Crippen molar-refractivity contribution < 1.29 is 0 Å². The second kappa shape index (κ2) is 5.08. The van der Waals surface area contributed by atoms with Gasteiger partial charge < -0.3 is 10.6 Å². The van der Waals surface area contributed by atoms with Crippen LogP contribution in [0.2, 0.25) is 0 Å². The van der Waals surface area contributed by atoms with Crippen molar-refractivity contribution >= 4 is 5.71 Å². The molecule has 3 aliphatic heterocycles. The predicted octanol–water partition coefficient (Wildman–Crippen LogP) is 2.19. The van der Waals surface area contributed by atoms with E-state index in [2.05, 4.69) is 58.3 Å². The van der Waals surface area contributed by atoms with E-state index in [9.17, 15) is 0 Å². The fourth-order valence-electron chi connectivity index (χ4n) is 2.29. The largest absolute Gasteiger partial charge is 0.387 e. The van der Waals surface area contributed by atoms with Gasteiger partial charge in [-0.3, -0.25) is 4.99 Å². The van der Waals surface area contributed by atoms with Gasteiger partial charge in [-0.2, -0.15) is 0 Å². The van der Waals surface area contributed by atoms with Crippen molar-refractivity contribution in [1.29, 1.82) is 0 Å². The van der Waals surface area contributed by atoms with Crippen molar-refractivity contribution in [3.63, 3.8) is 0 Å². The summed E-state index contributed by atoms with van der Waals surface area (Å²) < 4.78 is 0. The molecule has 1 atom stereocenters. The first-order valence-corrected chi connectivity index (χ1v) is 6.40. The molecule has 2 N–H and O–H groups in total. The topological polar surface area (TPSA) is 36.4 Å². The van der Waals surface area contributed by atoms with Gasteiger partial charge in [0.25, 0.3) is 0 Å². The minimum absolute atomic E-state index is 0.239. The fraction of sp³-hybridized carbons (Fsp3) is 0.267. The highest BCUT2D eigenvalue weighted by atomic mass is 15.0. The first-order valence-electron chi connectivity index (χ1n) is 6.40. The Morgan fingerprint density at radius 3 is 3.06 bits per heavy atom. The number of hydrogen-bond acceptors (Lipinski definition) is 3. The van der Waals surface area contributed by atoms with Crippen LogP contribution in [0.3, 0.4) is 0 Å². The summed E-state index contributed by atoms with van der Waals surface area (Å²) in [7, 11) is 0. The Morgan fingerprint density at radius 1 is 1.28 bits per heavy atom. The van der Waals surface area contributed by atoms with Gasteiger partial charge in [0.2, 0.25) is 0 Å². The smallest absolute Gasteiger partial charge is 0.0715 e. The highest BCUT2D eigenvalue weighted by Crippen LogP contribution is 2.17. The molecular weight excluding hydrogens is 222 g/mol. The monoisotopic (exact) mass is 239 g/mol. The van der Waals surface area contributed by atoms with E-state index >= 15 is 0 Å². The molecule has 0 saturated carbocycles. The molecule has 0 aromatic rings. The van der Waals surface area contributed by atoms with Crippen LogP contribution in [-0.4, -0.2) is 18.3 Å². The number of hydrogen-bond donors (Lipinski definition) is 2. The van der Waals surface area contributed by atoms with Gasteiger partial charge in [-0.1, -0.05) is 30.4 Å². The summed E-state index contributed by atoms with van der Waals surface area (Å²) in [5.74, 6) is 0. The Morgan fingerprint density at radius 2 is 2.28 bits per heavy atom. The summed E-state index contributed by atoms with van der Waals surface area (Å²) in [4.78, 5) is 4.45. The number of allylic oxidation sites excluding steroid dienone is 4.